The molecular weight excluding hydrogens is 1830 g/mol. The maximum atomic E-state index is 11.0. The van der Waals surface area contributed by atoms with Crippen molar-refractivity contribution in [1.82, 2.24) is 34.6 Å². The van der Waals surface area contributed by atoms with E-state index in [1.54, 1.807) is 60.8 Å². The molecule has 0 atom stereocenters. The van der Waals surface area contributed by atoms with E-state index in [-0.39, 0.29) is 71.6 Å². The largest absolute Gasteiger partial charge is 0.507 e. The van der Waals surface area contributed by atoms with E-state index in [4.69, 9.17) is 86.8 Å². The topological polar surface area (TPSA) is 732 Å². The van der Waals surface area contributed by atoms with E-state index < -0.39 is 166 Å². The number of pyridine rings is 3. The van der Waals surface area contributed by atoms with E-state index in [0.717, 1.165) is 20.1 Å². The minimum absolute atomic E-state index is 0.000836. The quantitative estimate of drug-likeness (QED) is 0.0124. The van der Waals surface area contributed by atoms with Crippen LogP contribution in [-0.2, 0) is 52.7 Å². The van der Waals surface area contributed by atoms with Gasteiger partial charge in [-0.15, -0.1) is 12.6 Å². The molecule has 0 fully saturated rings. The first kappa shape index (κ1) is 105. The number of rotatable bonds is 31. The smallest absolute Gasteiger partial charge is 0.354 e. The monoisotopic (exact) mass is 1900 g/mol. The Balaban J connectivity index is 0. The van der Waals surface area contributed by atoms with Gasteiger partial charge < -0.3 is 107 Å². The van der Waals surface area contributed by atoms with Crippen molar-refractivity contribution in [1.29, 1.82) is 0 Å². The third-order valence-electron chi connectivity index (χ3n) is 12.7. The van der Waals surface area contributed by atoms with Crippen molar-refractivity contribution in [3.05, 3.63) is 178 Å². The van der Waals surface area contributed by atoms with Crippen LogP contribution >= 0.6 is 76.3 Å². The number of aliphatic hydroxyl groups is 1. The van der Waals surface area contributed by atoms with E-state index in [1.165, 1.54) is 53.7 Å². The van der Waals surface area contributed by atoms with Crippen LogP contribution in [0, 0.1) is 0 Å². The van der Waals surface area contributed by atoms with Gasteiger partial charge in [-0.3, -0.25) is 77.3 Å². The highest BCUT2D eigenvalue weighted by Gasteiger charge is 2.41. The molecule has 0 bridgehead atoms. The first-order valence-corrected chi connectivity index (χ1v) is 34.5. The van der Waals surface area contributed by atoms with Crippen molar-refractivity contribution in [2.45, 2.75) is 23.3 Å². The summed E-state index contributed by atoms with van der Waals surface area (Å²) >= 11 is 16.6. The van der Waals surface area contributed by atoms with Crippen molar-refractivity contribution < 1.29 is 174 Å². The number of aromatic nitrogens is 3. The van der Waals surface area contributed by atoms with Gasteiger partial charge in [0.2, 0.25) is 0 Å². The van der Waals surface area contributed by atoms with Gasteiger partial charge in [0.15, 0.2) is 17.1 Å². The summed E-state index contributed by atoms with van der Waals surface area (Å²) in [4.78, 5) is 181. The molecule has 7 aromatic rings. The molecule has 0 aliphatic carbocycles. The number of carbonyl (C=O) groups is 15. The Labute approximate surface area is 684 Å². The number of hydrogen-bond acceptors (Lipinski definition) is 28. The van der Waals surface area contributed by atoms with Gasteiger partial charge in [-0.25, -0.2) is 29.0 Å². The SMILES string of the molecule is O=C(O)CC(O)(CC(=O)O)C(=O)O.O=C(O)CN(CC(=O)O)CC(=O)O.O=C(O)CN(CCN(CC(=O)O)CC(=O)O)CCN(CC(=O)O)CC(=O)O.O=C(O)c1ccc[nH]c1=O.O=C(O)c1ccccc1O.O=C(O)c1ccccc1S.O=C(O)c1ccccn1.Oc1c(O)c(Br)c(Br)c(Br)c1Br.Oc1cccc2cccnc12. The summed E-state index contributed by atoms with van der Waals surface area (Å²) in [6, 6.07) is 29.0. The molecule has 48 heteroatoms. The molecule has 43 nitrogen and oxygen atoms in total. The lowest BCUT2D eigenvalue weighted by atomic mass is 9.96. The Kier molecular flexibility index (Phi) is 50.3. The van der Waals surface area contributed by atoms with Gasteiger partial charge in [-0.2, -0.15) is 0 Å². The van der Waals surface area contributed by atoms with Crippen LogP contribution in [0.15, 0.2) is 155 Å². The van der Waals surface area contributed by atoms with Crippen LogP contribution < -0.4 is 5.56 Å². The Morgan fingerprint density at radius 3 is 1.03 bits per heavy atom. The average Bonchev–Trinajstić information content (AvgIpc) is 0.807. The number of benzene rings is 4. The number of carboxylic acid groups (broad SMARTS) is 15. The average molecular weight is 1900 g/mol. The molecule has 0 saturated heterocycles. The first-order chi connectivity index (χ1) is 53.5. The minimum Gasteiger partial charge on any atom is -0.507 e. The highest BCUT2D eigenvalue weighted by atomic mass is 79.9. The molecule has 0 saturated carbocycles. The predicted molar refractivity (Wildman–Crippen MR) is 409 cm³/mol. The minimum atomic E-state index is -2.74. The summed E-state index contributed by atoms with van der Waals surface area (Å²) in [5.74, 6) is -19.6. The normalized spacial score (nSPS) is 10.1. The molecule has 21 N–H and O–H groups in total. The van der Waals surface area contributed by atoms with E-state index in [0.29, 0.717) is 28.3 Å². The Bertz CT molecular complexity index is 4270. The predicted octanol–water partition coefficient (Wildman–Crippen LogP) is 4.31. The summed E-state index contributed by atoms with van der Waals surface area (Å²) in [6.45, 7) is -4.53. The molecule has 3 heterocycles. The molecule has 0 amide bonds. The van der Waals surface area contributed by atoms with Crippen LogP contribution in [0.3, 0.4) is 0 Å². The van der Waals surface area contributed by atoms with Crippen LogP contribution in [-0.4, -0.2) is 310 Å². The van der Waals surface area contributed by atoms with E-state index in [2.05, 4.69) is 91.3 Å². The van der Waals surface area contributed by atoms with E-state index in [9.17, 15) is 92.0 Å². The number of para-hydroxylation sites is 2. The van der Waals surface area contributed by atoms with Gasteiger partial charge in [-0.1, -0.05) is 48.5 Å². The Morgan fingerprint density at radius 1 is 0.365 bits per heavy atom. The number of aliphatic carboxylic acids is 11. The molecule has 3 aromatic heterocycles. The Hall–Kier alpha value is -12.3. The number of phenolic OH excluding ortho intramolecular Hbond substituents is 3. The Morgan fingerprint density at radius 2 is 0.713 bits per heavy atom. The van der Waals surface area contributed by atoms with Crippen LogP contribution in [0.4, 0.5) is 0 Å². The zero-order chi connectivity index (χ0) is 88.6. The number of aromatic amines is 1. The molecule has 0 unspecified atom stereocenters. The van der Waals surface area contributed by atoms with Crippen molar-refractivity contribution in [2.24, 2.45) is 0 Å². The fourth-order valence-corrected chi connectivity index (χ4v) is 10.1. The molecule has 624 valence electrons. The highest BCUT2D eigenvalue weighted by molar-refractivity contribution is 9.15. The maximum Gasteiger partial charge on any atom is 0.354 e. The van der Waals surface area contributed by atoms with E-state index in [1.807, 2.05) is 18.2 Å². The number of nitrogens with zero attached hydrogens (tertiary/aromatic N) is 6. The molecule has 7 rings (SSSR count). The number of aromatic hydroxyl groups is 4. The third kappa shape index (κ3) is 46.3. The van der Waals surface area contributed by atoms with Gasteiger partial charge in [0.25, 0.3) is 5.56 Å². The van der Waals surface area contributed by atoms with Crippen molar-refractivity contribution in [2.75, 3.05) is 78.5 Å². The highest BCUT2D eigenvalue weighted by Crippen LogP contribution is 2.49. The number of thiol groups is 1. The number of hydrogen-bond donors (Lipinski definition) is 22. The van der Waals surface area contributed by atoms with Gasteiger partial charge in [0.1, 0.15) is 33.8 Å². The summed E-state index contributed by atoms with van der Waals surface area (Å²) in [7, 11) is 0. The van der Waals surface area contributed by atoms with Gasteiger partial charge >= 0.3 is 89.5 Å². The van der Waals surface area contributed by atoms with Crippen LogP contribution in [0.25, 0.3) is 10.9 Å². The summed E-state index contributed by atoms with van der Waals surface area (Å²) in [6.07, 6.45) is 2.21. The number of carboxylic acids is 15. The molecule has 0 aliphatic rings. The van der Waals surface area contributed by atoms with Crippen molar-refractivity contribution in [3.63, 3.8) is 0 Å². The molecule has 0 radical (unpaired) electrons. The lowest BCUT2D eigenvalue weighted by Crippen LogP contribution is -2.45. The standard InChI is InChI=1S/C14H23N3O10.C9H7NO.C7H6O3.C7H6O2S.C6H2Br4O2.C6H9NO6.C6H5NO3.C6H5NO2.C6H8O7/c18-10(19)5-15(1-3-16(6-11(20)21)7-12(22)23)2-4-17(8-13(24)25)9-14(26)27;11-8-5-1-3-7-4-2-6-10-9(7)8;8-6-4-2-1-3-5(6)7(9)10;8-7(9)5-3-1-2-4-6(5)10;7-1-2(8)4(10)6(12)5(11)3(1)9;8-4(9)1-7(2-5(10)11)3-6(12)13;8-5-4(6(9)10)2-1-3-7-5;8-6(9)5-3-1-2-4-7-5;7-3(8)1-6(13,5(11)12)2-4(9)10/h1-9H2,(H,18,19)(H,20,21)(H,22,23)(H,24,25)(H,26,27);1-6,11H;1-4,8H,(H,9,10);1-4,10H,(H,8,9);11-12H;1-3H2,(H,8,9)(H,10,11)(H,12,13);1-3H,(H,7,8)(H,9,10);1-4H,(H,8,9);13H,1-2H2,(H,7,8)(H,9,10)(H,11,12). The number of phenols is 4. The zero-order valence-corrected chi connectivity index (χ0v) is 65.9. The second-order valence-electron chi connectivity index (χ2n) is 21.7. The van der Waals surface area contributed by atoms with Crippen molar-refractivity contribution in [3.8, 4) is 23.0 Å². The number of halogens is 4. The third-order valence-corrected chi connectivity index (χ3v) is 17.8. The molecular formula is C67H71Br4N7O36S. The fourth-order valence-electron chi connectivity index (χ4n) is 7.76. The lowest BCUT2D eigenvalue weighted by molar-refractivity contribution is -0.170. The van der Waals surface area contributed by atoms with Gasteiger partial charge in [-0.05, 0) is 124 Å². The van der Waals surface area contributed by atoms with Crippen LogP contribution in [0.1, 0.15) is 54.4 Å². The summed E-state index contributed by atoms with van der Waals surface area (Å²) < 4.78 is 2.11. The summed E-state index contributed by atoms with van der Waals surface area (Å²) in [5, 5.41) is 174. The van der Waals surface area contributed by atoms with Crippen molar-refractivity contribution >= 4 is 177 Å². The number of fused-ring (bicyclic) bond motifs is 1. The summed E-state index contributed by atoms with van der Waals surface area (Å²) in [5.41, 5.74) is -2.63. The second-order valence-corrected chi connectivity index (χ2v) is 25.3. The fraction of sp³-hybridized carbons (Fsp3) is 0.224. The number of H-pyrrole nitrogens is 1. The van der Waals surface area contributed by atoms with Gasteiger partial charge in [0, 0.05) is 55.1 Å². The number of nitrogens with one attached hydrogen (secondary N) is 1. The maximum absolute atomic E-state index is 11.0. The second kappa shape index (κ2) is 55.2. The number of aromatic carboxylic acids is 4. The molecule has 0 spiro atoms. The first-order valence-electron chi connectivity index (χ1n) is 30.9. The van der Waals surface area contributed by atoms with Gasteiger partial charge in [0.05, 0.1) is 88.7 Å². The zero-order valence-electron chi connectivity index (χ0n) is 58.6. The molecule has 0 aliphatic heterocycles. The molecule has 4 aromatic carbocycles. The van der Waals surface area contributed by atoms with Crippen LogP contribution in [0.5, 0.6) is 23.0 Å². The molecule has 115 heavy (non-hydrogen) atoms. The van der Waals surface area contributed by atoms with Crippen LogP contribution in [0.2, 0.25) is 0 Å². The van der Waals surface area contributed by atoms with E-state index >= 15 is 0 Å². The lowest BCUT2D eigenvalue weighted by Gasteiger charge is -2.27.